The molecule has 0 saturated heterocycles. The fraction of sp³-hybridized carbons (Fsp3) is 0.278. The Bertz CT molecular complexity index is 894. The molecule has 1 aliphatic heterocycles. The van der Waals surface area contributed by atoms with Crippen molar-refractivity contribution in [2.45, 2.75) is 24.2 Å². The lowest BCUT2D eigenvalue weighted by molar-refractivity contribution is -0.121. The highest BCUT2D eigenvalue weighted by Gasteiger charge is 2.42. The smallest absolute Gasteiger partial charge is 0.232 e. The lowest BCUT2D eigenvalue weighted by atomic mass is 9.89. The lowest BCUT2D eigenvalue weighted by Gasteiger charge is -2.36. The number of aromatic nitrogens is 3. The molecule has 3 heterocycles. The Hall–Kier alpha value is -2.32. The molecule has 4 rings (SSSR count). The number of rotatable bonds is 4. The van der Waals surface area contributed by atoms with Crippen molar-refractivity contribution in [3.05, 3.63) is 52.7 Å². The van der Waals surface area contributed by atoms with Gasteiger partial charge in [0.2, 0.25) is 17.0 Å². The number of fused-ring (bicyclic) bond motifs is 1. The van der Waals surface area contributed by atoms with Crippen LogP contribution in [-0.4, -0.2) is 33.0 Å². The van der Waals surface area contributed by atoms with Crippen LogP contribution in [0.15, 0.2) is 53.0 Å². The molecule has 0 saturated carbocycles. The molecule has 1 aromatic carbocycles. The standard InChI is InChI=1S/C18H19N5OS2/c1-11-14(16(24)20-12-7-4-3-5-8-12)15(13-9-6-10-26-13)23-17(19-11)21-18(22-23)25-2/h3-11,14-15H,1-2H3,(H,20,24)(H,19,21,22)/t11-,14-,15-/m0/s1. The molecule has 0 spiro atoms. The van der Waals surface area contributed by atoms with Crippen LogP contribution in [0.3, 0.4) is 0 Å². The number of nitrogens with zero attached hydrogens (tertiary/aromatic N) is 3. The summed E-state index contributed by atoms with van der Waals surface area (Å²) in [5.41, 5.74) is 0.795. The molecule has 0 radical (unpaired) electrons. The third-order valence-corrected chi connectivity index (χ3v) is 5.95. The van der Waals surface area contributed by atoms with Crippen molar-refractivity contribution in [1.29, 1.82) is 0 Å². The van der Waals surface area contributed by atoms with Gasteiger partial charge < -0.3 is 10.6 Å². The highest BCUT2D eigenvalue weighted by atomic mass is 32.2. The average molecular weight is 386 g/mol. The summed E-state index contributed by atoms with van der Waals surface area (Å²) in [6, 6.07) is 13.4. The van der Waals surface area contributed by atoms with Gasteiger partial charge in [0, 0.05) is 16.6 Å². The summed E-state index contributed by atoms with van der Waals surface area (Å²) in [5.74, 6) is 0.378. The van der Waals surface area contributed by atoms with Crippen molar-refractivity contribution in [1.82, 2.24) is 14.8 Å². The number of amides is 1. The largest absolute Gasteiger partial charge is 0.351 e. The number of nitrogens with one attached hydrogen (secondary N) is 2. The Balaban J connectivity index is 1.73. The first-order chi connectivity index (χ1) is 12.7. The summed E-state index contributed by atoms with van der Waals surface area (Å²) in [4.78, 5) is 18.8. The van der Waals surface area contributed by atoms with E-state index in [1.807, 2.05) is 59.6 Å². The molecule has 0 bridgehead atoms. The summed E-state index contributed by atoms with van der Waals surface area (Å²) >= 11 is 3.13. The molecule has 0 unspecified atom stereocenters. The topological polar surface area (TPSA) is 71.8 Å². The second-order valence-electron chi connectivity index (χ2n) is 6.14. The number of hydrogen-bond donors (Lipinski definition) is 2. The van der Waals surface area contributed by atoms with Gasteiger partial charge in [-0.1, -0.05) is 36.0 Å². The molecule has 26 heavy (non-hydrogen) atoms. The van der Waals surface area contributed by atoms with Gasteiger partial charge in [-0.05, 0) is 36.8 Å². The molecular formula is C18H19N5OS2. The fourth-order valence-corrected chi connectivity index (χ4v) is 4.48. The first-order valence-electron chi connectivity index (χ1n) is 8.34. The average Bonchev–Trinajstić information content (AvgIpc) is 3.30. The molecular weight excluding hydrogens is 366 g/mol. The van der Waals surface area contributed by atoms with Crippen LogP contribution in [0.5, 0.6) is 0 Å². The predicted molar refractivity (Wildman–Crippen MR) is 106 cm³/mol. The molecule has 2 aromatic heterocycles. The van der Waals surface area contributed by atoms with E-state index < -0.39 is 0 Å². The van der Waals surface area contributed by atoms with Gasteiger partial charge in [-0.25, -0.2) is 4.68 Å². The molecule has 0 fully saturated rings. The van der Waals surface area contributed by atoms with Crippen LogP contribution in [0, 0.1) is 5.92 Å². The van der Waals surface area contributed by atoms with E-state index in [4.69, 9.17) is 0 Å². The summed E-state index contributed by atoms with van der Waals surface area (Å²) in [6.45, 7) is 2.02. The molecule has 3 aromatic rings. The second kappa shape index (κ2) is 7.13. The van der Waals surface area contributed by atoms with Crippen LogP contribution in [0.2, 0.25) is 0 Å². The third-order valence-electron chi connectivity index (χ3n) is 4.47. The predicted octanol–water partition coefficient (Wildman–Crippen LogP) is 3.72. The number of hydrogen-bond acceptors (Lipinski definition) is 6. The summed E-state index contributed by atoms with van der Waals surface area (Å²) in [7, 11) is 0. The van der Waals surface area contributed by atoms with Gasteiger partial charge >= 0.3 is 0 Å². The quantitative estimate of drug-likeness (QED) is 0.670. The fourth-order valence-electron chi connectivity index (χ4n) is 3.28. The van der Waals surface area contributed by atoms with E-state index in [2.05, 4.69) is 26.8 Å². The number of thioether (sulfide) groups is 1. The Morgan fingerprint density at radius 3 is 2.77 bits per heavy atom. The third kappa shape index (κ3) is 3.10. The van der Waals surface area contributed by atoms with Crippen molar-refractivity contribution in [3.8, 4) is 0 Å². The Morgan fingerprint density at radius 2 is 2.08 bits per heavy atom. The number of para-hydroxylation sites is 1. The van der Waals surface area contributed by atoms with Crippen molar-refractivity contribution in [2.24, 2.45) is 5.92 Å². The van der Waals surface area contributed by atoms with Crippen LogP contribution >= 0.6 is 23.1 Å². The number of carbonyl (C=O) groups is 1. The molecule has 1 aliphatic rings. The highest BCUT2D eigenvalue weighted by molar-refractivity contribution is 7.98. The number of thiophene rings is 1. The van der Waals surface area contributed by atoms with Crippen molar-refractivity contribution in [3.63, 3.8) is 0 Å². The van der Waals surface area contributed by atoms with E-state index in [1.54, 1.807) is 11.3 Å². The highest BCUT2D eigenvalue weighted by Crippen LogP contribution is 2.39. The molecule has 3 atom stereocenters. The number of anilines is 2. The van der Waals surface area contributed by atoms with E-state index in [1.165, 1.54) is 11.8 Å². The zero-order valence-electron chi connectivity index (χ0n) is 14.4. The zero-order chi connectivity index (χ0) is 18.1. The summed E-state index contributed by atoms with van der Waals surface area (Å²) < 4.78 is 1.85. The first kappa shape index (κ1) is 17.1. The normalized spacial score (nSPS) is 21.7. The van der Waals surface area contributed by atoms with E-state index in [-0.39, 0.29) is 23.9 Å². The van der Waals surface area contributed by atoms with Crippen molar-refractivity contribution in [2.75, 3.05) is 16.9 Å². The molecule has 1 amide bonds. The van der Waals surface area contributed by atoms with Crippen LogP contribution in [-0.2, 0) is 4.79 Å². The van der Waals surface area contributed by atoms with Crippen LogP contribution in [0.4, 0.5) is 11.6 Å². The van der Waals surface area contributed by atoms with Gasteiger partial charge in [0.25, 0.3) is 0 Å². The molecule has 2 N–H and O–H groups in total. The van der Waals surface area contributed by atoms with Crippen molar-refractivity contribution >= 4 is 40.6 Å². The summed E-state index contributed by atoms with van der Waals surface area (Å²) in [5, 5.41) is 13.7. The molecule has 8 heteroatoms. The monoisotopic (exact) mass is 385 g/mol. The van der Waals surface area contributed by atoms with E-state index in [9.17, 15) is 4.79 Å². The lowest BCUT2D eigenvalue weighted by Crippen LogP contribution is -2.46. The van der Waals surface area contributed by atoms with E-state index in [0.29, 0.717) is 11.1 Å². The molecule has 6 nitrogen and oxygen atoms in total. The first-order valence-corrected chi connectivity index (χ1v) is 10.4. The van der Waals surface area contributed by atoms with Gasteiger partial charge in [-0.15, -0.1) is 16.4 Å². The van der Waals surface area contributed by atoms with Gasteiger partial charge in [0.15, 0.2) is 0 Å². The second-order valence-corrected chi connectivity index (χ2v) is 7.89. The van der Waals surface area contributed by atoms with Crippen LogP contribution in [0.1, 0.15) is 17.8 Å². The molecule has 0 aliphatic carbocycles. The maximum absolute atomic E-state index is 13.2. The minimum absolute atomic E-state index is 0.0264. The maximum atomic E-state index is 13.2. The Morgan fingerprint density at radius 1 is 1.27 bits per heavy atom. The minimum Gasteiger partial charge on any atom is -0.351 e. The SMILES string of the molecule is CSc1nc2n(n1)[C@@H](c1cccs1)[C@@H](C(=O)Nc1ccccc1)[C@H](C)N2. The Labute approximate surface area is 160 Å². The van der Waals surface area contributed by atoms with E-state index >= 15 is 0 Å². The van der Waals surface area contributed by atoms with Gasteiger partial charge in [0.1, 0.15) is 6.04 Å². The maximum Gasteiger partial charge on any atom is 0.232 e. The minimum atomic E-state index is -0.308. The van der Waals surface area contributed by atoms with Crippen molar-refractivity contribution < 1.29 is 4.79 Å². The van der Waals surface area contributed by atoms with Gasteiger partial charge in [0.05, 0.1) is 5.92 Å². The number of carbonyl (C=O) groups excluding carboxylic acids is 1. The van der Waals surface area contributed by atoms with Crippen LogP contribution in [0.25, 0.3) is 0 Å². The van der Waals surface area contributed by atoms with E-state index in [0.717, 1.165) is 10.6 Å². The number of benzene rings is 1. The van der Waals surface area contributed by atoms with Gasteiger partial charge in [-0.3, -0.25) is 4.79 Å². The van der Waals surface area contributed by atoms with Crippen LogP contribution < -0.4 is 10.6 Å². The summed E-state index contributed by atoms with van der Waals surface area (Å²) in [6.07, 6.45) is 1.95. The van der Waals surface area contributed by atoms with Gasteiger partial charge in [-0.2, -0.15) is 4.98 Å². The Kier molecular flexibility index (Phi) is 4.69. The zero-order valence-corrected chi connectivity index (χ0v) is 16.1. The molecule has 134 valence electrons.